The van der Waals surface area contributed by atoms with E-state index in [2.05, 4.69) is 10.5 Å². The molecule has 0 fully saturated rings. The molecule has 1 N–H and O–H groups in total. The predicted octanol–water partition coefficient (Wildman–Crippen LogP) is 2.33. The lowest BCUT2D eigenvalue weighted by atomic mass is 10.1. The normalized spacial score (nSPS) is 19.7. The van der Waals surface area contributed by atoms with E-state index in [0.717, 1.165) is 12.0 Å². The summed E-state index contributed by atoms with van der Waals surface area (Å²) < 4.78 is 4.93. The first-order valence-corrected chi connectivity index (χ1v) is 4.26. The van der Waals surface area contributed by atoms with Crippen molar-refractivity contribution in [3.05, 3.63) is 24.2 Å². The van der Waals surface area contributed by atoms with Crippen molar-refractivity contribution in [1.29, 1.82) is 0 Å². The van der Waals surface area contributed by atoms with Gasteiger partial charge in [-0.3, -0.25) is 0 Å². The van der Waals surface area contributed by atoms with Gasteiger partial charge in [-0.05, 0) is 6.07 Å². The van der Waals surface area contributed by atoms with E-state index in [0.29, 0.717) is 6.04 Å². The summed E-state index contributed by atoms with van der Waals surface area (Å²) in [5.74, 6) is 0. The van der Waals surface area contributed by atoms with Crippen LogP contribution in [0.4, 0.5) is 0 Å². The number of nitrogens with zero attached hydrogens (tertiary/aromatic N) is 1. The molecule has 2 heterocycles. The van der Waals surface area contributed by atoms with E-state index in [1.807, 2.05) is 26.1 Å². The number of rotatable bonds is 1. The van der Waals surface area contributed by atoms with Crippen molar-refractivity contribution in [2.24, 2.45) is 5.10 Å². The van der Waals surface area contributed by atoms with Gasteiger partial charge in [0.25, 0.3) is 0 Å². The number of hydrazone groups is 1. The second kappa shape index (κ2) is 4.59. The van der Waals surface area contributed by atoms with Crippen LogP contribution >= 0.6 is 0 Å². The van der Waals surface area contributed by atoms with Gasteiger partial charge in [-0.25, -0.2) is 0 Å². The Bertz CT molecular complexity index is 221. The zero-order valence-corrected chi connectivity index (χ0v) is 7.45. The van der Waals surface area contributed by atoms with Crippen molar-refractivity contribution in [3.63, 3.8) is 0 Å². The first-order chi connectivity index (χ1) is 5.97. The molecule has 0 spiro atoms. The average molecular weight is 166 g/mol. The van der Waals surface area contributed by atoms with Crippen LogP contribution in [-0.2, 0) is 0 Å². The second-order valence-electron chi connectivity index (χ2n) is 2.29. The minimum atomic E-state index is 0.332. The highest BCUT2D eigenvalue weighted by atomic mass is 16.3. The third kappa shape index (κ3) is 1.87. The lowest BCUT2D eigenvalue weighted by Gasteiger charge is -2.03. The van der Waals surface area contributed by atoms with Crippen LogP contribution in [0.2, 0.25) is 0 Å². The first-order valence-electron chi connectivity index (χ1n) is 4.26. The Labute approximate surface area is 72.5 Å². The summed E-state index contributed by atoms with van der Waals surface area (Å²) in [4.78, 5) is 0. The molecule has 66 valence electrons. The molecule has 0 saturated carbocycles. The van der Waals surface area contributed by atoms with E-state index in [4.69, 9.17) is 4.42 Å². The fourth-order valence-corrected chi connectivity index (χ4v) is 1.04. The maximum absolute atomic E-state index is 4.93. The van der Waals surface area contributed by atoms with Gasteiger partial charge in [-0.1, -0.05) is 13.8 Å². The highest BCUT2D eigenvalue weighted by molar-refractivity contribution is 5.60. The zero-order chi connectivity index (χ0) is 8.81. The number of hydrogen-bond acceptors (Lipinski definition) is 3. The van der Waals surface area contributed by atoms with E-state index in [-0.39, 0.29) is 0 Å². The second-order valence-corrected chi connectivity index (χ2v) is 2.29. The van der Waals surface area contributed by atoms with Gasteiger partial charge in [0, 0.05) is 18.2 Å². The smallest absolute Gasteiger partial charge is 0.0956 e. The third-order valence-electron chi connectivity index (χ3n) is 1.61. The summed E-state index contributed by atoms with van der Waals surface area (Å²) >= 11 is 0. The monoisotopic (exact) mass is 166 g/mol. The SMILES string of the molecule is C1=NNC(c2ccoc2)C1.CC. The first kappa shape index (κ1) is 8.84. The van der Waals surface area contributed by atoms with Crippen molar-refractivity contribution in [1.82, 2.24) is 5.43 Å². The van der Waals surface area contributed by atoms with Crippen LogP contribution in [0.1, 0.15) is 31.9 Å². The Morgan fingerprint density at radius 1 is 1.58 bits per heavy atom. The minimum Gasteiger partial charge on any atom is -0.472 e. The number of nitrogens with one attached hydrogen (secondary N) is 1. The van der Waals surface area contributed by atoms with E-state index in [1.165, 1.54) is 0 Å². The topological polar surface area (TPSA) is 37.5 Å². The summed E-state index contributed by atoms with van der Waals surface area (Å²) in [5, 5.41) is 3.90. The van der Waals surface area contributed by atoms with Gasteiger partial charge < -0.3 is 9.84 Å². The lowest BCUT2D eigenvalue weighted by Crippen LogP contribution is -2.07. The molecule has 3 nitrogen and oxygen atoms in total. The van der Waals surface area contributed by atoms with Crippen LogP contribution in [-0.4, -0.2) is 6.21 Å². The molecule has 0 aromatic carbocycles. The van der Waals surface area contributed by atoms with E-state index in [9.17, 15) is 0 Å². The van der Waals surface area contributed by atoms with Gasteiger partial charge >= 0.3 is 0 Å². The number of furan rings is 1. The molecule has 1 unspecified atom stereocenters. The Hall–Kier alpha value is -1.25. The van der Waals surface area contributed by atoms with Gasteiger partial charge in [0.15, 0.2) is 0 Å². The molecule has 12 heavy (non-hydrogen) atoms. The van der Waals surface area contributed by atoms with Crippen molar-refractivity contribution >= 4 is 6.21 Å². The van der Waals surface area contributed by atoms with E-state index in [1.54, 1.807) is 12.5 Å². The van der Waals surface area contributed by atoms with Crippen molar-refractivity contribution in [2.45, 2.75) is 26.3 Å². The molecule has 3 heteroatoms. The highest BCUT2D eigenvalue weighted by Crippen LogP contribution is 2.18. The molecule has 0 aliphatic carbocycles. The molecule has 1 atom stereocenters. The van der Waals surface area contributed by atoms with Crippen LogP contribution in [0, 0.1) is 0 Å². The summed E-state index contributed by atoms with van der Waals surface area (Å²) in [6.45, 7) is 4.00. The summed E-state index contributed by atoms with van der Waals surface area (Å²) in [5.41, 5.74) is 4.13. The molecular formula is C9H14N2O. The van der Waals surface area contributed by atoms with Crippen LogP contribution in [0.3, 0.4) is 0 Å². The molecule has 1 aliphatic rings. The third-order valence-corrected chi connectivity index (χ3v) is 1.61. The van der Waals surface area contributed by atoms with Gasteiger partial charge in [-0.15, -0.1) is 0 Å². The Balaban J connectivity index is 0.000000336. The van der Waals surface area contributed by atoms with Crippen LogP contribution in [0.5, 0.6) is 0 Å². The highest BCUT2D eigenvalue weighted by Gasteiger charge is 2.13. The van der Waals surface area contributed by atoms with Crippen LogP contribution < -0.4 is 5.43 Å². The fourth-order valence-electron chi connectivity index (χ4n) is 1.04. The van der Waals surface area contributed by atoms with Crippen molar-refractivity contribution in [2.75, 3.05) is 0 Å². The molecule has 1 aromatic heterocycles. The maximum atomic E-state index is 4.93. The Morgan fingerprint density at radius 2 is 2.42 bits per heavy atom. The van der Waals surface area contributed by atoms with Gasteiger partial charge in [-0.2, -0.15) is 5.10 Å². The molecule has 0 saturated heterocycles. The minimum absolute atomic E-state index is 0.332. The molecule has 1 aromatic rings. The van der Waals surface area contributed by atoms with Crippen molar-refractivity contribution < 1.29 is 4.42 Å². The standard InChI is InChI=1S/C7H8N2O.C2H6/c1-3-8-9-7(1)6-2-4-10-5-6;1-2/h2-5,7,9H,1H2;1-2H3. The molecule has 2 rings (SSSR count). The fraction of sp³-hybridized carbons (Fsp3) is 0.444. The largest absolute Gasteiger partial charge is 0.472 e. The summed E-state index contributed by atoms with van der Waals surface area (Å²) in [6, 6.07) is 2.28. The van der Waals surface area contributed by atoms with Crippen LogP contribution in [0.25, 0.3) is 0 Å². The summed E-state index contributed by atoms with van der Waals surface area (Å²) in [7, 11) is 0. The molecule has 0 bridgehead atoms. The lowest BCUT2D eigenvalue weighted by molar-refractivity contribution is 0.549. The predicted molar refractivity (Wildman–Crippen MR) is 49.0 cm³/mol. The quantitative estimate of drug-likeness (QED) is 0.695. The Kier molecular flexibility index (Phi) is 3.38. The maximum Gasteiger partial charge on any atom is 0.0956 e. The van der Waals surface area contributed by atoms with Gasteiger partial charge in [0.2, 0.25) is 0 Å². The summed E-state index contributed by atoms with van der Waals surface area (Å²) in [6.07, 6.45) is 6.25. The number of hydrogen-bond donors (Lipinski definition) is 1. The van der Waals surface area contributed by atoms with Gasteiger partial charge in [0.05, 0.1) is 18.6 Å². The molecule has 1 aliphatic heterocycles. The average Bonchev–Trinajstić information content (AvgIpc) is 2.80. The van der Waals surface area contributed by atoms with Gasteiger partial charge in [0.1, 0.15) is 0 Å². The van der Waals surface area contributed by atoms with E-state index < -0.39 is 0 Å². The molecule has 0 amide bonds. The van der Waals surface area contributed by atoms with E-state index >= 15 is 0 Å². The van der Waals surface area contributed by atoms with Crippen molar-refractivity contribution in [3.8, 4) is 0 Å². The molecular weight excluding hydrogens is 152 g/mol. The van der Waals surface area contributed by atoms with Crippen LogP contribution in [0.15, 0.2) is 28.1 Å². The Morgan fingerprint density at radius 3 is 2.92 bits per heavy atom. The zero-order valence-electron chi connectivity index (χ0n) is 7.45. The molecule has 0 radical (unpaired) electrons.